The SMILES string of the molecule is CC.CC1=C2CC3C(CCC4CC(OC(=O)CN)CCC43C)C2CCC2(C1)CC1NCC(C)C[C@H]1O2. The Morgan fingerprint density at radius 3 is 2.75 bits per heavy atom. The van der Waals surface area contributed by atoms with Gasteiger partial charge in [-0.25, -0.2) is 0 Å². The van der Waals surface area contributed by atoms with Gasteiger partial charge in [-0.1, -0.05) is 38.8 Å². The van der Waals surface area contributed by atoms with Crippen LogP contribution in [0.15, 0.2) is 11.1 Å². The first-order chi connectivity index (χ1) is 17.3. The molecule has 0 aromatic rings. The molecule has 0 bridgehead atoms. The number of fused-ring (bicyclic) bond motifs is 6. The van der Waals surface area contributed by atoms with Crippen molar-refractivity contribution in [1.29, 1.82) is 0 Å². The van der Waals surface area contributed by atoms with Crippen LogP contribution < -0.4 is 11.1 Å². The highest BCUT2D eigenvalue weighted by Crippen LogP contribution is 2.65. The van der Waals surface area contributed by atoms with Gasteiger partial charge in [0, 0.05) is 6.04 Å². The summed E-state index contributed by atoms with van der Waals surface area (Å²) in [4.78, 5) is 11.8. The lowest BCUT2D eigenvalue weighted by Crippen LogP contribution is -2.48. The molecule has 204 valence electrons. The summed E-state index contributed by atoms with van der Waals surface area (Å²) in [6.45, 7) is 12.5. The average molecular weight is 501 g/mol. The standard InChI is InChI=1S/C29H46N2O3.C2H6/c1-17-10-26-25(31-16-17)14-29(34-26)9-7-21-22-5-4-19-11-20(33-27(32)15-30)6-8-28(19,3)24(22)12-23(21)18(2)13-29;1-2/h17,19-22,24-26,31H,4-16,30H2,1-3H3;1-2H3/t17?,19?,20?,21?,22?,24?,25?,26-,28?,29?;/m1./s1. The molecule has 2 heterocycles. The molecule has 10 atom stereocenters. The molecule has 0 amide bonds. The first kappa shape index (κ1) is 26.7. The normalized spacial score (nSPS) is 47.6. The monoisotopic (exact) mass is 500 g/mol. The molecule has 0 aromatic heterocycles. The lowest BCUT2D eigenvalue weighted by atomic mass is 9.52. The second-order valence-corrected chi connectivity index (χ2v) is 13.4. The molecule has 0 aromatic carbocycles. The maximum absolute atomic E-state index is 11.8. The molecule has 2 saturated heterocycles. The number of carbonyl (C=O) groups is 1. The van der Waals surface area contributed by atoms with Crippen molar-refractivity contribution in [3.63, 3.8) is 0 Å². The summed E-state index contributed by atoms with van der Waals surface area (Å²) in [6, 6.07) is 0.567. The van der Waals surface area contributed by atoms with Crippen LogP contribution in [0.1, 0.15) is 105 Å². The predicted octanol–water partition coefficient (Wildman–Crippen LogP) is 5.76. The van der Waals surface area contributed by atoms with Gasteiger partial charge in [-0.05, 0) is 119 Å². The Morgan fingerprint density at radius 2 is 1.97 bits per heavy atom. The summed E-state index contributed by atoms with van der Waals surface area (Å²) in [5.74, 6) is 3.59. The maximum atomic E-state index is 11.8. The van der Waals surface area contributed by atoms with E-state index in [2.05, 4.69) is 26.1 Å². The predicted molar refractivity (Wildman–Crippen MR) is 144 cm³/mol. The third-order valence-corrected chi connectivity index (χ3v) is 11.4. The summed E-state index contributed by atoms with van der Waals surface area (Å²) in [6.07, 6.45) is 13.8. The van der Waals surface area contributed by atoms with E-state index in [-0.39, 0.29) is 24.2 Å². The van der Waals surface area contributed by atoms with Crippen molar-refractivity contribution in [3.8, 4) is 0 Å². The zero-order chi connectivity index (χ0) is 25.7. The van der Waals surface area contributed by atoms with Crippen molar-refractivity contribution in [2.75, 3.05) is 13.1 Å². The molecule has 36 heavy (non-hydrogen) atoms. The Hall–Kier alpha value is -0.910. The highest BCUT2D eigenvalue weighted by Gasteiger charge is 2.58. The Labute approximate surface area is 219 Å². The maximum Gasteiger partial charge on any atom is 0.319 e. The number of nitrogens with two attached hydrogens (primary N) is 1. The molecule has 6 aliphatic rings. The molecule has 5 nitrogen and oxygen atoms in total. The summed E-state index contributed by atoms with van der Waals surface area (Å²) >= 11 is 0. The lowest BCUT2D eigenvalue weighted by Gasteiger charge is -2.54. The molecule has 1 spiro atoms. The highest BCUT2D eigenvalue weighted by molar-refractivity contribution is 5.71. The quantitative estimate of drug-likeness (QED) is 0.372. The zero-order valence-corrected chi connectivity index (χ0v) is 23.6. The van der Waals surface area contributed by atoms with Crippen LogP contribution in [0.3, 0.4) is 0 Å². The molecule has 4 aliphatic carbocycles. The van der Waals surface area contributed by atoms with Gasteiger partial charge in [0.25, 0.3) is 0 Å². The van der Waals surface area contributed by atoms with E-state index in [0.717, 1.165) is 49.5 Å². The van der Waals surface area contributed by atoms with Gasteiger partial charge >= 0.3 is 5.97 Å². The van der Waals surface area contributed by atoms with Gasteiger partial charge in [0.1, 0.15) is 6.10 Å². The Balaban J connectivity index is 0.00000130. The second-order valence-electron chi connectivity index (χ2n) is 13.4. The number of rotatable bonds is 2. The van der Waals surface area contributed by atoms with Gasteiger partial charge in [0.05, 0.1) is 18.2 Å². The Bertz CT molecular complexity index is 857. The number of esters is 1. The Morgan fingerprint density at radius 1 is 1.17 bits per heavy atom. The molecule has 0 radical (unpaired) electrons. The van der Waals surface area contributed by atoms with Crippen LogP contribution in [0.2, 0.25) is 0 Å². The van der Waals surface area contributed by atoms with Gasteiger partial charge in [-0.15, -0.1) is 0 Å². The van der Waals surface area contributed by atoms with E-state index in [1.807, 2.05) is 19.4 Å². The summed E-state index contributed by atoms with van der Waals surface area (Å²) in [5.41, 5.74) is 9.44. The van der Waals surface area contributed by atoms with E-state index in [0.29, 0.717) is 23.5 Å². The van der Waals surface area contributed by atoms with Crippen LogP contribution in [0, 0.1) is 35.0 Å². The van der Waals surface area contributed by atoms with E-state index in [1.165, 1.54) is 51.4 Å². The summed E-state index contributed by atoms with van der Waals surface area (Å²) in [7, 11) is 0. The molecule has 3 saturated carbocycles. The Kier molecular flexibility index (Phi) is 7.66. The highest BCUT2D eigenvalue weighted by atomic mass is 16.5. The number of nitrogens with one attached hydrogen (secondary N) is 1. The van der Waals surface area contributed by atoms with Crippen LogP contribution in [0.5, 0.6) is 0 Å². The average Bonchev–Trinajstić information content (AvgIpc) is 3.39. The topological polar surface area (TPSA) is 73.6 Å². The first-order valence-corrected chi connectivity index (χ1v) is 15.3. The van der Waals surface area contributed by atoms with E-state index in [4.69, 9.17) is 15.2 Å². The van der Waals surface area contributed by atoms with E-state index >= 15 is 0 Å². The fourth-order valence-electron chi connectivity index (χ4n) is 9.74. The van der Waals surface area contributed by atoms with Crippen LogP contribution >= 0.6 is 0 Å². The van der Waals surface area contributed by atoms with Gasteiger partial charge in [-0.2, -0.15) is 0 Å². The van der Waals surface area contributed by atoms with Crippen LogP contribution in [-0.2, 0) is 14.3 Å². The first-order valence-electron chi connectivity index (χ1n) is 15.3. The van der Waals surface area contributed by atoms with Crippen LogP contribution in [0.4, 0.5) is 0 Å². The smallest absolute Gasteiger partial charge is 0.319 e. The molecular weight excluding hydrogens is 448 g/mol. The van der Waals surface area contributed by atoms with E-state index in [9.17, 15) is 4.79 Å². The molecule has 3 N–H and O–H groups in total. The number of allylic oxidation sites excluding steroid dienone is 1. The number of piperidine rings is 1. The minimum absolute atomic E-state index is 0.0000319. The van der Waals surface area contributed by atoms with E-state index < -0.39 is 0 Å². The van der Waals surface area contributed by atoms with Gasteiger partial charge in [0.15, 0.2) is 0 Å². The minimum Gasteiger partial charge on any atom is -0.461 e. The van der Waals surface area contributed by atoms with Crippen LogP contribution in [-0.4, -0.2) is 42.9 Å². The number of hydrogen-bond donors (Lipinski definition) is 2. The second kappa shape index (κ2) is 10.3. The van der Waals surface area contributed by atoms with Gasteiger partial charge in [-0.3, -0.25) is 4.79 Å². The fraction of sp³-hybridized carbons (Fsp3) is 0.903. The molecular formula is C31H52N2O3. The largest absolute Gasteiger partial charge is 0.461 e. The van der Waals surface area contributed by atoms with E-state index in [1.54, 1.807) is 5.57 Å². The van der Waals surface area contributed by atoms with Crippen molar-refractivity contribution in [2.24, 2.45) is 40.7 Å². The fourth-order valence-corrected chi connectivity index (χ4v) is 9.74. The third kappa shape index (κ3) is 4.60. The molecule has 5 heteroatoms. The zero-order valence-electron chi connectivity index (χ0n) is 23.6. The number of ether oxygens (including phenoxy) is 2. The molecule has 6 rings (SSSR count). The summed E-state index contributed by atoms with van der Waals surface area (Å²) < 4.78 is 12.6. The van der Waals surface area contributed by atoms with Crippen molar-refractivity contribution in [1.82, 2.24) is 5.32 Å². The third-order valence-electron chi connectivity index (χ3n) is 11.4. The number of hydrogen-bond acceptors (Lipinski definition) is 5. The molecule has 5 fully saturated rings. The van der Waals surface area contributed by atoms with Crippen LogP contribution in [0.25, 0.3) is 0 Å². The minimum atomic E-state index is -0.237. The molecule has 2 aliphatic heterocycles. The summed E-state index contributed by atoms with van der Waals surface area (Å²) in [5, 5.41) is 3.81. The van der Waals surface area contributed by atoms with Gasteiger partial charge in [0.2, 0.25) is 0 Å². The number of carbonyl (C=O) groups excluding carboxylic acids is 1. The lowest BCUT2D eigenvalue weighted by molar-refractivity contribution is -0.155. The van der Waals surface area contributed by atoms with Crippen molar-refractivity contribution < 1.29 is 14.3 Å². The van der Waals surface area contributed by atoms with Crippen molar-refractivity contribution >= 4 is 5.97 Å². The van der Waals surface area contributed by atoms with Crippen molar-refractivity contribution in [2.45, 2.75) is 129 Å². The van der Waals surface area contributed by atoms with Gasteiger partial charge < -0.3 is 20.5 Å². The molecule has 9 unspecified atom stereocenters. The van der Waals surface area contributed by atoms with Crippen molar-refractivity contribution in [3.05, 3.63) is 11.1 Å².